The third-order valence-corrected chi connectivity index (χ3v) is 2.11. The Kier molecular flexibility index (Phi) is 5.32. The van der Waals surface area contributed by atoms with E-state index in [4.69, 9.17) is 5.26 Å². The lowest BCUT2D eigenvalue weighted by Gasteiger charge is -2.04. The Labute approximate surface area is 101 Å². The van der Waals surface area contributed by atoms with Gasteiger partial charge in [-0.25, -0.2) is 0 Å². The number of nitrogens with zero attached hydrogens (tertiary/aromatic N) is 1. The lowest BCUT2D eigenvalue weighted by molar-refractivity contribution is -0.117. The molecule has 2 N–H and O–H groups in total. The van der Waals surface area contributed by atoms with Crippen molar-refractivity contribution < 1.29 is 4.79 Å². The van der Waals surface area contributed by atoms with Crippen molar-refractivity contribution in [2.45, 2.75) is 13.5 Å². The number of carbonyl (C=O) groups excluding carboxylic acids is 1. The molecule has 0 unspecified atom stereocenters. The maximum Gasteiger partial charge on any atom is 0.263 e. The number of hydrogen-bond acceptors (Lipinski definition) is 3. The van der Waals surface area contributed by atoms with Crippen molar-refractivity contribution in [2.24, 2.45) is 0 Å². The highest BCUT2D eigenvalue weighted by Crippen LogP contribution is 1.98. The molecule has 0 atom stereocenters. The van der Waals surface area contributed by atoms with Gasteiger partial charge >= 0.3 is 0 Å². The van der Waals surface area contributed by atoms with Crippen molar-refractivity contribution in [1.82, 2.24) is 10.6 Å². The molecule has 0 radical (unpaired) electrons. The Morgan fingerprint density at radius 3 is 2.71 bits per heavy atom. The van der Waals surface area contributed by atoms with Gasteiger partial charge in [0.15, 0.2) is 0 Å². The van der Waals surface area contributed by atoms with Gasteiger partial charge in [-0.3, -0.25) is 4.79 Å². The average molecular weight is 229 g/mol. The van der Waals surface area contributed by atoms with Crippen LogP contribution in [0.25, 0.3) is 0 Å². The lowest BCUT2D eigenvalue weighted by Crippen LogP contribution is -2.25. The number of amides is 1. The van der Waals surface area contributed by atoms with Crippen LogP contribution in [0.3, 0.4) is 0 Å². The molecule has 0 saturated carbocycles. The summed E-state index contributed by atoms with van der Waals surface area (Å²) in [5.41, 5.74) is 1.09. The minimum atomic E-state index is -0.364. The molecule has 4 nitrogen and oxygen atoms in total. The first-order valence-corrected chi connectivity index (χ1v) is 5.43. The maximum atomic E-state index is 11.6. The van der Waals surface area contributed by atoms with Crippen LogP contribution in [0.15, 0.2) is 42.1 Å². The summed E-state index contributed by atoms with van der Waals surface area (Å²) in [7, 11) is 0. The highest BCUT2D eigenvalue weighted by molar-refractivity contribution is 5.97. The average Bonchev–Trinajstić information content (AvgIpc) is 2.38. The first-order chi connectivity index (χ1) is 8.27. The third kappa shape index (κ3) is 4.39. The minimum Gasteiger partial charge on any atom is -0.390 e. The molecule has 17 heavy (non-hydrogen) atoms. The summed E-state index contributed by atoms with van der Waals surface area (Å²) in [6.07, 6.45) is 1.43. The van der Waals surface area contributed by atoms with Gasteiger partial charge in [0, 0.05) is 19.3 Å². The van der Waals surface area contributed by atoms with E-state index >= 15 is 0 Å². The molecule has 0 aliphatic heterocycles. The summed E-state index contributed by atoms with van der Waals surface area (Å²) in [6.45, 7) is 3.00. The summed E-state index contributed by atoms with van der Waals surface area (Å²) in [4.78, 5) is 11.6. The van der Waals surface area contributed by atoms with Gasteiger partial charge in [-0.2, -0.15) is 5.26 Å². The first kappa shape index (κ1) is 12.8. The highest BCUT2D eigenvalue weighted by Gasteiger charge is 2.07. The highest BCUT2D eigenvalue weighted by atomic mass is 16.1. The molecule has 0 heterocycles. The van der Waals surface area contributed by atoms with Crippen LogP contribution in [0.2, 0.25) is 0 Å². The fourth-order valence-electron chi connectivity index (χ4n) is 1.23. The number of carbonyl (C=O) groups is 1. The van der Waals surface area contributed by atoms with Crippen molar-refractivity contribution in [3.05, 3.63) is 47.7 Å². The van der Waals surface area contributed by atoms with E-state index in [1.165, 1.54) is 6.20 Å². The minimum absolute atomic E-state index is 0.0859. The van der Waals surface area contributed by atoms with Crippen LogP contribution in [0.4, 0.5) is 0 Å². The van der Waals surface area contributed by atoms with Crippen molar-refractivity contribution in [3.8, 4) is 6.07 Å². The zero-order valence-electron chi connectivity index (χ0n) is 9.73. The van der Waals surface area contributed by atoms with E-state index < -0.39 is 0 Å². The van der Waals surface area contributed by atoms with Gasteiger partial charge in [0.25, 0.3) is 5.91 Å². The fraction of sp³-hybridized carbons (Fsp3) is 0.231. The number of nitriles is 1. The molecule has 0 spiro atoms. The Morgan fingerprint density at radius 2 is 2.12 bits per heavy atom. The molecule has 1 amide bonds. The van der Waals surface area contributed by atoms with Gasteiger partial charge in [-0.05, 0) is 12.5 Å². The van der Waals surface area contributed by atoms with Crippen LogP contribution in [-0.4, -0.2) is 12.5 Å². The van der Waals surface area contributed by atoms with Crippen molar-refractivity contribution in [3.63, 3.8) is 0 Å². The van der Waals surface area contributed by atoms with Crippen LogP contribution in [0.5, 0.6) is 0 Å². The number of nitrogens with one attached hydrogen (secondary N) is 2. The molecule has 1 rings (SSSR count). The van der Waals surface area contributed by atoms with E-state index in [1.807, 2.05) is 43.3 Å². The summed E-state index contributed by atoms with van der Waals surface area (Å²) < 4.78 is 0. The second kappa shape index (κ2) is 7.07. The molecule has 1 aromatic rings. The molecule has 88 valence electrons. The maximum absolute atomic E-state index is 11.6. The summed E-state index contributed by atoms with van der Waals surface area (Å²) >= 11 is 0. The van der Waals surface area contributed by atoms with Gasteiger partial charge in [0.1, 0.15) is 11.6 Å². The Morgan fingerprint density at radius 1 is 1.41 bits per heavy atom. The van der Waals surface area contributed by atoms with Crippen LogP contribution >= 0.6 is 0 Å². The quantitative estimate of drug-likeness (QED) is 0.591. The van der Waals surface area contributed by atoms with Gasteiger partial charge in [0.05, 0.1) is 0 Å². The molecule has 0 saturated heterocycles. The molecule has 0 aliphatic rings. The SMILES string of the molecule is CCN/C=C(/C#N)C(=O)NCc1ccccc1. The molecule has 1 aromatic carbocycles. The predicted molar refractivity (Wildman–Crippen MR) is 65.7 cm³/mol. The van der Waals surface area contributed by atoms with E-state index in [2.05, 4.69) is 10.6 Å². The van der Waals surface area contributed by atoms with Crippen LogP contribution in [0, 0.1) is 11.3 Å². The molecule has 0 fully saturated rings. The Balaban J connectivity index is 2.52. The van der Waals surface area contributed by atoms with Crippen molar-refractivity contribution in [2.75, 3.05) is 6.54 Å². The molecule has 0 aliphatic carbocycles. The van der Waals surface area contributed by atoms with Gasteiger partial charge in [-0.15, -0.1) is 0 Å². The van der Waals surface area contributed by atoms with Gasteiger partial charge in [0.2, 0.25) is 0 Å². The zero-order valence-corrected chi connectivity index (χ0v) is 9.73. The number of rotatable bonds is 5. The Hall–Kier alpha value is -2.28. The van der Waals surface area contributed by atoms with Crippen LogP contribution < -0.4 is 10.6 Å². The van der Waals surface area contributed by atoms with Crippen LogP contribution in [0.1, 0.15) is 12.5 Å². The molecular weight excluding hydrogens is 214 g/mol. The van der Waals surface area contributed by atoms with E-state index in [9.17, 15) is 4.79 Å². The van der Waals surface area contributed by atoms with E-state index in [0.29, 0.717) is 13.1 Å². The smallest absolute Gasteiger partial charge is 0.263 e. The third-order valence-electron chi connectivity index (χ3n) is 2.11. The first-order valence-electron chi connectivity index (χ1n) is 5.43. The predicted octanol–water partition coefficient (Wildman–Crippen LogP) is 1.32. The van der Waals surface area contributed by atoms with Crippen molar-refractivity contribution in [1.29, 1.82) is 5.26 Å². The zero-order chi connectivity index (χ0) is 12.5. The van der Waals surface area contributed by atoms with E-state index in [0.717, 1.165) is 5.56 Å². The summed E-state index contributed by atoms with van der Waals surface area (Å²) in [5.74, 6) is -0.364. The number of hydrogen-bond donors (Lipinski definition) is 2. The van der Waals surface area contributed by atoms with Gasteiger partial charge in [-0.1, -0.05) is 30.3 Å². The largest absolute Gasteiger partial charge is 0.390 e. The monoisotopic (exact) mass is 229 g/mol. The van der Waals surface area contributed by atoms with E-state index in [-0.39, 0.29) is 11.5 Å². The van der Waals surface area contributed by atoms with Crippen LogP contribution in [-0.2, 0) is 11.3 Å². The summed E-state index contributed by atoms with van der Waals surface area (Å²) in [5, 5.41) is 14.3. The number of benzene rings is 1. The normalized spacial score (nSPS) is 10.5. The summed E-state index contributed by atoms with van der Waals surface area (Å²) in [6, 6.07) is 11.4. The molecule has 0 bridgehead atoms. The van der Waals surface area contributed by atoms with Gasteiger partial charge < -0.3 is 10.6 Å². The van der Waals surface area contributed by atoms with Crippen molar-refractivity contribution >= 4 is 5.91 Å². The molecular formula is C13H15N3O. The van der Waals surface area contributed by atoms with E-state index in [1.54, 1.807) is 0 Å². The topological polar surface area (TPSA) is 64.9 Å². The standard InChI is InChI=1S/C13H15N3O/c1-2-15-10-12(8-14)13(17)16-9-11-6-4-3-5-7-11/h3-7,10,15H,2,9H2,1H3,(H,16,17)/b12-10-. The molecule has 0 aromatic heterocycles. The second-order valence-electron chi connectivity index (χ2n) is 3.40. The second-order valence-corrected chi connectivity index (χ2v) is 3.40. The lowest BCUT2D eigenvalue weighted by atomic mass is 10.2. The Bertz CT molecular complexity index is 432. The fourth-order valence-corrected chi connectivity index (χ4v) is 1.23. The molecule has 4 heteroatoms.